The lowest BCUT2D eigenvalue weighted by Crippen LogP contribution is -2.49. The highest BCUT2D eigenvalue weighted by Gasteiger charge is 2.46. The van der Waals surface area contributed by atoms with Crippen LogP contribution in [0.5, 0.6) is 0 Å². The molecule has 2 bridgehead atoms. The number of piperidine rings is 1. The number of nitrogens with zero attached hydrogens (tertiary/aromatic N) is 1. The molecule has 0 spiro atoms. The van der Waals surface area contributed by atoms with Crippen LogP contribution in [0.15, 0.2) is 0 Å². The molecule has 0 aromatic carbocycles. The van der Waals surface area contributed by atoms with Crippen molar-refractivity contribution in [2.24, 2.45) is 11.8 Å². The molecule has 2 saturated heterocycles. The lowest BCUT2D eigenvalue weighted by atomic mass is 9.76. The number of hydrogen-bond acceptors (Lipinski definition) is 2. The summed E-state index contributed by atoms with van der Waals surface area (Å²) in [5, 5.41) is 0. The summed E-state index contributed by atoms with van der Waals surface area (Å²) in [5.41, 5.74) is 0. The van der Waals surface area contributed by atoms with Gasteiger partial charge in [-0.3, -0.25) is 9.69 Å². The van der Waals surface area contributed by atoms with E-state index in [0.29, 0.717) is 23.7 Å². The van der Waals surface area contributed by atoms with E-state index < -0.39 is 0 Å². The van der Waals surface area contributed by atoms with E-state index in [2.05, 4.69) is 18.9 Å². The third-order valence-corrected chi connectivity index (χ3v) is 4.64. The van der Waals surface area contributed by atoms with Crippen LogP contribution < -0.4 is 0 Å². The first-order valence-electron chi connectivity index (χ1n) is 6.43. The van der Waals surface area contributed by atoms with Gasteiger partial charge in [-0.1, -0.05) is 20.3 Å². The first-order valence-corrected chi connectivity index (χ1v) is 6.43. The molecule has 0 amide bonds. The van der Waals surface area contributed by atoms with Crippen LogP contribution in [0.1, 0.15) is 46.0 Å². The molecule has 0 aliphatic carbocycles. The zero-order chi connectivity index (χ0) is 11.0. The van der Waals surface area contributed by atoms with E-state index in [0.717, 1.165) is 12.5 Å². The molecule has 0 radical (unpaired) electrons. The third-order valence-electron chi connectivity index (χ3n) is 4.64. The molecule has 2 fully saturated rings. The second-order valence-corrected chi connectivity index (χ2v) is 5.21. The van der Waals surface area contributed by atoms with Gasteiger partial charge in [-0.05, 0) is 32.2 Å². The van der Waals surface area contributed by atoms with E-state index in [1.54, 1.807) is 0 Å². The van der Waals surface area contributed by atoms with Crippen molar-refractivity contribution >= 4 is 5.78 Å². The van der Waals surface area contributed by atoms with E-state index >= 15 is 0 Å². The van der Waals surface area contributed by atoms with Crippen LogP contribution in [0.3, 0.4) is 0 Å². The van der Waals surface area contributed by atoms with E-state index in [4.69, 9.17) is 0 Å². The fourth-order valence-electron chi connectivity index (χ4n) is 3.70. The maximum atomic E-state index is 12.0. The fraction of sp³-hybridized carbons (Fsp3) is 0.923. The molecule has 86 valence electrons. The Morgan fingerprint density at radius 1 is 1.33 bits per heavy atom. The molecule has 0 N–H and O–H groups in total. The highest BCUT2D eigenvalue weighted by Crippen LogP contribution is 2.43. The normalized spacial score (nSPS) is 40.7. The molecule has 0 saturated carbocycles. The van der Waals surface area contributed by atoms with Gasteiger partial charge in [0.15, 0.2) is 0 Å². The second kappa shape index (κ2) is 4.25. The maximum absolute atomic E-state index is 12.0. The Morgan fingerprint density at radius 2 is 2.07 bits per heavy atom. The minimum atomic E-state index is 0.337. The Labute approximate surface area is 93.0 Å². The summed E-state index contributed by atoms with van der Waals surface area (Å²) >= 11 is 0. The number of carbonyl (C=O) groups is 1. The van der Waals surface area contributed by atoms with Crippen LogP contribution in [-0.4, -0.2) is 29.8 Å². The standard InChI is InChI=1S/C13H23NO/c1-4-9-8-10-6-7-11(14(10)3)13(9)12(15)5-2/h9-11,13H,4-8H2,1-3H3/t9-,10-,11+,13-/m0/s1. The molecule has 2 heteroatoms. The first kappa shape index (κ1) is 11.1. The van der Waals surface area contributed by atoms with Crippen LogP contribution in [0.4, 0.5) is 0 Å². The number of ketones is 1. The zero-order valence-corrected chi connectivity index (χ0v) is 10.2. The van der Waals surface area contributed by atoms with Gasteiger partial charge in [0, 0.05) is 24.4 Å². The summed E-state index contributed by atoms with van der Waals surface area (Å²) in [7, 11) is 2.21. The second-order valence-electron chi connectivity index (χ2n) is 5.21. The predicted octanol–water partition coefficient (Wildman–Crippen LogP) is 2.47. The molecule has 4 atom stereocenters. The van der Waals surface area contributed by atoms with Crippen LogP contribution >= 0.6 is 0 Å². The Kier molecular flexibility index (Phi) is 3.15. The number of Topliss-reactive ketones (excluding diaryl/α,β-unsaturated/α-hetero) is 1. The molecular formula is C13H23NO. The van der Waals surface area contributed by atoms with Gasteiger partial charge in [0.1, 0.15) is 5.78 Å². The van der Waals surface area contributed by atoms with Crippen molar-refractivity contribution in [1.29, 1.82) is 0 Å². The Balaban J connectivity index is 2.20. The molecule has 0 aromatic rings. The van der Waals surface area contributed by atoms with E-state index in [-0.39, 0.29) is 0 Å². The van der Waals surface area contributed by atoms with Gasteiger partial charge < -0.3 is 0 Å². The monoisotopic (exact) mass is 209 g/mol. The molecule has 2 nitrogen and oxygen atoms in total. The van der Waals surface area contributed by atoms with Crippen LogP contribution in [0.25, 0.3) is 0 Å². The molecule has 15 heavy (non-hydrogen) atoms. The van der Waals surface area contributed by atoms with Crippen molar-refractivity contribution in [2.45, 2.75) is 58.0 Å². The van der Waals surface area contributed by atoms with Crippen LogP contribution in [0, 0.1) is 11.8 Å². The molecule has 2 aliphatic rings. The van der Waals surface area contributed by atoms with E-state index in [1.165, 1.54) is 25.7 Å². The smallest absolute Gasteiger partial charge is 0.137 e. The lowest BCUT2D eigenvalue weighted by molar-refractivity contribution is -0.128. The summed E-state index contributed by atoms with van der Waals surface area (Å²) in [6.07, 6.45) is 5.70. The highest BCUT2D eigenvalue weighted by molar-refractivity contribution is 5.82. The molecule has 0 aromatic heterocycles. The van der Waals surface area contributed by atoms with Gasteiger partial charge in [0.25, 0.3) is 0 Å². The lowest BCUT2D eigenvalue weighted by Gasteiger charge is -2.42. The SMILES string of the molecule is CCC(=O)[C@H]1[C@@H](CC)C[C@@H]2CC[C@H]1N2C. The first-order chi connectivity index (χ1) is 7.19. The van der Waals surface area contributed by atoms with Crippen molar-refractivity contribution in [1.82, 2.24) is 4.90 Å². The topological polar surface area (TPSA) is 20.3 Å². The minimum Gasteiger partial charge on any atom is -0.300 e. The highest BCUT2D eigenvalue weighted by atomic mass is 16.1. The summed E-state index contributed by atoms with van der Waals surface area (Å²) in [6.45, 7) is 4.25. The molecular weight excluding hydrogens is 186 g/mol. The summed E-state index contributed by atoms with van der Waals surface area (Å²) in [4.78, 5) is 14.5. The van der Waals surface area contributed by atoms with Crippen molar-refractivity contribution in [2.75, 3.05) is 7.05 Å². The van der Waals surface area contributed by atoms with E-state index in [9.17, 15) is 4.79 Å². The summed E-state index contributed by atoms with van der Waals surface area (Å²) in [5.74, 6) is 1.49. The Morgan fingerprint density at radius 3 is 2.67 bits per heavy atom. The van der Waals surface area contributed by atoms with Crippen molar-refractivity contribution in [3.8, 4) is 0 Å². The predicted molar refractivity (Wildman–Crippen MR) is 61.8 cm³/mol. The maximum Gasteiger partial charge on any atom is 0.137 e. The van der Waals surface area contributed by atoms with Gasteiger partial charge in [0.05, 0.1) is 0 Å². The zero-order valence-electron chi connectivity index (χ0n) is 10.2. The van der Waals surface area contributed by atoms with Gasteiger partial charge in [-0.15, -0.1) is 0 Å². The number of hydrogen-bond donors (Lipinski definition) is 0. The van der Waals surface area contributed by atoms with Crippen molar-refractivity contribution in [3.05, 3.63) is 0 Å². The Hall–Kier alpha value is -0.370. The summed E-state index contributed by atoms with van der Waals surface area (Å²) < 4.78 is 0. The largest absolute Gasteiger partial charge is 0.300 e. The van der Waals surface area contributed by atoms with E-state index in [1.807, 2.05) is 6.92 Å². The number of rotatable bonds is 3. The molecule has 2 heterocycles. The third kappa shape index (κ3) is 1.73. The minimum absolute atomic E-state index is 0.337. The van der Waals surface area contributed by atoms with Crippen LogP contribution in [0.2, 0.25) is 0 Å². The molecule has 0 unspecified atom stereocenters. The summed E-state index contributed by atoms with van der Waals surface area (Å²) in [6, 6.07) is 1.32. The van der Waals surface area contributed by atoms with Gasteiger partial charge in [0.2, 0.25) is 0 Å². The van der Waals surface area contributed by atoms with Gasteiger partial charge in [-0.2, -0.15) is 0 Å². The van der Waals surface area contributed by atoms with Crippen molar-refractivity contribution < 1.29 is 4.79 Å². The molecule has 2 rings (SSSR count). The van der Waals surface area contributed by atoms with Gasteiger partial charge >= 0.3 is 0 Å². The van der Waals surface area contributed by atoms with Gasteiger partial charge in [-0.25, -0.2) is 0 Å². The number of carbonyl (C=O) groups excluding carboxylic acids is 1. The Bertz CT molecular complexity index is 251. The number of fused-ring (bicyclic) bond motifs is 2. The fourth-order valence-corrected chi connectivity index (χ4v) is 3.70. The molecule has 2 aliphatic heterocycles. The van der Waals surface area contributed by atoms with Crippen LogP contribution in [-0.2, 0) is 4.79 Å². The average Bonchev–Trinajstić information content (AvgIpc) is 2.52. The quantitative estimate of drug-likeness (QED) is 0.711. The average molecular weight is 209 g/mol. The van der Waals surface area contributed by atoms with Crippen molar-refractivity contribution in [3.63, 3.8) is 0 Å².